The Balaban J connectivity index is 2.11. The largest absolute Gasteiger partial charge is 0.497 e. The molecule has 0 aliphatic rings. The van der Waals surface area contributed by atoms with Gasteiger partial charge in [0.2, 0.25) is 0 Å². The van der Waals surface area contributed by atoms with E-state index in [1.165, 1.54) is 0 Å². The summed E-state index contributed by atoms with van der Waals surface area (Å²) in [5.74, 6) is 2.51. The lowest BCUT2D eigenvalue weighted by molar-refractivity contribution is 0.415. The molecular formula is C16H18N4O. The van der Waals surface area contributed by atoms with Crippen molar-refractivity contribution in [1.82, 2.24) is 14.5 Å². The molecular weight excluding hydrogens is 264 g/mol. The molecule has 0 saturated carbocycles. The molecule has 3 aromatic rings. The van der Waals surface area contributed by atoms with Crippen LogP contribution in [0.2, 0.25) is 0 Å². The number of nitrogens with zero attached hydrogens (tertiary/aromatic N) is 4. The summed E-state index contributed by atoms with van der Waals surface area (Å²) in [5.41, 5.74) is 3.04. The Morgan fingerprint density at radius 2 is 1.81 bits per heavy atom. The molecule has 0 atom stereocenters. The molecule has 0 bridgehead atoms. The molecule has 2 aromatic heterocycles. The summed E-state index contributed by atoms with van der Waals surface area (Å²) < 4.78 is 7.25. The van der Waals surface area contributed by atoms with Gasteiger partial charge in [0.15, 0.2) is 5.82 Å². The monoisotopic (exact) mass is 282 g/mol. The van der Waals surface area contributed by atoms with Gasteiger partial charge < -0.3 is 14.2 Å². The Bertz CT molecular complexity index is 777. The summed E-state index contributed by atoms with van der Waals surface area (Å²) in [6.45, 7) is 1.91. The maximum Gasteiger partial charge on any atom is 0.161 e. The minimum Gasteiger partial charge on any atom is -0.497 e. The molecule has 0 radical (unpaired) electrons. The summed E-state index contributed by atoms with van der Waals surface area (Å²) in [4.78, 5) is 11.2. The Labute approximate surface area is 123 Å². The predicted molar refractivity (Wildman–Crippen MR) is 84.3 cm³/mol. The zero-order valence-electron chi connectivity index (χ0n) is 12.7. The molecule has 0 N–H and O–H groups in total. The first kappa shape index (κ1) is 13.4. The Hall–Kier alpha value is -2.56. The van der Waals surface area contributed by atoms with Gasteiger partial charge in [-0.05, 0) is 37.3 Å². The van der Waals surface area contributed by atoms with Crippen LogP contribution in [-0.4, -0.2) is 28.7 Å². The lowest BCUT2D eigenvalue weighted by Crippen LogP contribution is -2.13. The third kappa shape index (κ3) is 2.31. The van der Waals surface area contributed by atoms with E-state index in [-0.39, 0.29) is 0 Å². The van der Waals surface area contributed by atoms with Gasteiger partial charge in [0.1, 0.15) is 17.1 Å². The van der Waals surface area contributed by atoms with Crippen molar-refractivity contribution in [2.24, 2.45) is 7.05 Å². The first-order valence-corrected chi connectivity index (χ1v) is 6.77. The van der Waals surface area contributed by atoms with Crippen molar-refractivity contribution in [1.29, 1.82) is 0 Å². The summed E-state index contributed by atoms with van der Waals surface area (Å²) in [7, 11) is 5.68. The highest BCUT2D eigenvalue weighted by Gasteiger charge is 2.14. The highest BCUT2D eigenvalue weighted by atomic mass is 16.5. The van der Waals surface area contributed by atoms with E-state index < -0.39 is 0 Å². The molecule has 0 saturated heterocycles. The number of aromatic nitrogens is 3. The normalized spacial score (nSPS) is 10.9. The molecule has 0 unspecified atom stereocenters. The molecule has 0 aliphatic carbocycles. The van der Waals surface area contributed by atoms with E-state index in [1.807, 2.05) is 62.1 Å². The van der Waals surface area contributed by atoms with Crippen molar-refractivity contribution in [3.63, 3.8) is 0 Å². The van der Waals surface area contributed by atoms with Gasteiger partial charge in [-0.2, -0.15) is 0 Å². The first-order valence-electron chi connectivity index (χ1n) is 6.77. The van der Waals surface area contributed by atoms with Gasteiger partial charge >= 0.3 is 0 Å². The Morgan fingerprint density at radius 3 is 2.48 bits per heavy atom. The van der Waals surface area contributed by atoms with Gasteiger partial charge in [-0.25, -0.2) is 9.97 Å². The van der Waals surface area contributed by atoms with E-state index in [9.17, 15) is 0 Å². The van der Waals surface area contributed by atoms with E-state index in [0.717, 1.165) is 34.1 Å². The molecule has 108 valence electrons. The lowest BCUT2D eigenvalue weighted by Gasteiger charge is -2.20. The summed E-state index contributed by atoms with van der Waals surface area (Å²) >= 11 is 0. The van der Waals surface area contributed by atoms with Crippen LogP contribution in [0.25, 0.3) is 11.0 Å². The summed E-state index contributed by atoms with van der Waals surface area (Å²) in [6.07, 6.45) is 2.00. The molecule has 0 spiro atoms. The minimum absolute atomic E-state index is 0.768. The lowest BCUT2D eigenvalue weighted by atomic mass is 10.2. The number of hydrogen-bond acceptors (Lipinski definition) is 4. The van der Waals surface area contributed by atoms with Crippen LogP contribution in [0.15, 0.2) is 36.5 Å². The fraction of sp³-hybridized carbons (Fsp3) is 0.250. The fourth-order valence-electron chi connectivity index (χ4n) is 2.45. The van der Waals surface area contributed by atoms with Crippen LogP contribution in [-0.2, 0) is 7.05 Å². The average molecular weight is 282 g/mol. The zero-order valence-corrected chi connectivity index (χ0v) is 12.7. The number of hydrogen-bond donors (Lipinski definition) is 0. The van der Waals surface area contributed by atoms with Crippen LogP contribution in [0.3, 0.4) is 0 Å². The van der Waals surface area contributed by atoms with Gasteiger partial charge in [-0.15, -0.1) is 0 Å². The van der Waals surface area contributed by atoms with Gasteiger partial charge in [-0.3, -0.25) is 0 Å². The molecule has 21 heavy (non-hydrogen) atoms. The molecule has 0 aliphatic heterocycles. The first-order chi connectivity index (χ1) is 10.1. The van der Waals surface area contributed by atoms with E-state index >= 15 is 0 Å². The van der Waals surface area contributed by atoms with Crippen LogP contribution in [0.1, 0.15) is 5.82 Å². The van der Waals surface area contributed by atoms with Crippen molar-refractivity contribution in [3.8, 4) is 5.75 Å². The van der Waals surface area contributed by atoms with Crippen LogP contribution in [0, 0.1) is 6.92 Å². The van der Waals surface area contributed by atoms with Crippen molar-refractivity contribution in [2.75, 3.05) is 19.1 Å². The van der Waals surface area contributed by atoms with Crippen molar-refractivity contribution >= 4 is 22.5 Å². The molecule has 5 heteroatoms. The third-order valence-corrected chi connectivity index (χ3v) is 3.59. The minimum atomic E-state index is 0.768. The number of anilines is 2. The number of benzene rings is 1. The average Bonchev–Trinajstić information content (AvgIpc) is 2.87. The van der Waals surface area contributed by atoms with Crippen LogP contribution in [0.5, 0.6) is 5.75 Å². The predicted octanol–water partition coefficient (Wildman–Crippen LogP) is 3.05. The zero-order chi connectivity index (χ0) is 15.0. The number of aryl methyl sites for hydroxylation is 2. The molecule has 5 nitrogen and oxygen atoms in total. The number of ether oxygens (including phenoxy) is 1. The van der Waals surface area contributed by atoms with E-state index in [1.54, 1.807) is 7.11 Å². The number of methoxy groups -OCH3 is 1. The number of rotatable bonds is 3. The topological polar surface area (TPSA) is 43.2 Å². The second-order valence-corrected chi connectivity index (χ2v) is 5.01. The standard InChI is InChI=1S/C16H18N4O/c1-11-17-14-9-10-19(2)15(14)16(18-11)20(3)12-5-7-13(21-4)8-6-12/h5-10H,1-4H3. The Morgan fingerprint density at radius 1 is 1.10 bits per heavy atom. The summed E-state index contributed by atoms with van der Waals surface area (Å²) in [5, 5.41) is 0. The van der Waals surface area contributed by atoms with E-state index in [2.05, 4.69) is 14.9 Å². The van der Waals surface area contributed by atoms with Crippen molar-refractivity contribution < 1.29 is 4.74 Å². The summed E-state index contributed by atoms with van der Waals surface area (Å²) in [6, 6.07) is 9.94. The molecule has 0 fully saturated rings. The smallest absolute Gasteiger partial charge is 0.161 e. The highest BCUT2D eigenvalue weighted by molar-refractivity contribution is 5.89. The molecule has 1 aromatic carbocycles. The van der Waals surface area contributed by atoms with E-state index in [4.69, 9.17) is 4.74 Å². The van der Waals surface area contributed by atoms with Gasteiger partial charge in [-0.1, -0.05) is 0 Å². The maximum atomic E-state index is 5.20. The Kier molecular flexibility index (Phi) is 3.25. The quantitative estimate of drug-likeness (QED) is 0.740. The van der Waals surface area contributed by atoms with E-state index in [0.29, 0.717) is 0 Å². The maximum absolute atomic E-state index is 5.20. The fourth-order valence-corrected chi connectivity index (χ4v) is 2.45. The van der Waals surface area contributed by atoms with Crippen LogP contribution < -0.4 is 9.64 Å². The number of fused-ring (bicyclic) bond motifs is 1. The van der Waals surface area contributed by atoms with Gasteiger partial charge in [0, 0.05) is 26.0 Å². The third-order valence-electron chi connectivity index (χ3n) is 3.59. The second-order valence-electron chi connectivity index (χ2n) is 5.01. The molecule has 2 heterocycles. The van der Waals surface area contributed by atoms with Crippen molar-refractivity contribution in [3.05, 3.63) is 42.4 Å². The highest BCUT2D eigenvalue weighted by Crippen LogP contribution is 2.29. The second kappa shape index (κ2) is 5.09. The van der Waals surface area contributed by atoms with Crippen LogP contribution in [0.4, 0.5) is 11.5 Å². The van der Waals surface area contributed by atoms with Crippen LogP contribution >= 0.6 is 0 Å². The SMILES string of the molecule is COc1ccc(N(C)c2nc(C)nc3ccn(C)c23)cc1. The van der Waals surface area contributed by atoms with Gasteiger partial charge in [0.05, 0.1) is 12.6 Å². The molecule has 3 rings (SSSR count). The molecule has 0 amide bonds. The van der Waals surface area contributed by atoms with Crippen molar-refractivity contribution in [2.45, 2.75) is 6.92 Å². The van der Waals surface area contributed by atoms with Gasteiger partial charge in [0.25, 0.3) is 0 Å².